The number of benzene rings is 2. The predicted molar refractivity (Wildman–Crippen MR) is 161 cm³/mol. The number of carbonyl (C=O) groups is 4. The van der Waals surface area contributed by atoms with Crippen LogP contribution in [0, 0.1) is 5.92 Å². The minimum Gasteiger partial charge on any atom is -0.459 e. The van der Waals surface area contributed by atoms with Crippen LogP contribution in [0.1, 0.15) is 68.6 Å². The minimum absolute atomic E-state index is 0.00121. The number of likely N-dealkylation sites (N-methyl/N-ethyl adjacent to an activating group) is 1. The van der Waals surface area contributed by atoms with E-state index >= 15 is 0 Å². The molecule has 3 rings (SSSR count). The van der Waals surface area contributed by atoms with Crippen molar-refractivity contribution in [2.45, 2.75) is 65.1 Å². The van der Waals surface area contributed by atoms with Crippen molar-refractivity contribution in [2.24, 2.45) is 11.7 Å². The average molecular weight is 581 g/mol. The van der Waals surface area contributed by atoms with Crippen LogP contribution in [-0.4, -0.2) is 73.6 Å². The third-order valence-corrected chi connectivity index (χ3v) is 6.89. The van der Waals surface area contributed by atoms with Crippen LogP contribution in [0.15, 0.2) is 48.5 Å². The van der Waals surface area contributed by atoms with E-state index < -0.39 is 23.7 Å². The Bertz CT molecular complexity index is 1260. The van der Waals surface area contributed by atoms with E-state index in [0.29, 0.717) is 37.4 Å². The summed E-state index contributed by atoms with van der Waals surface area (Å²) in [5.74, 6) is -1.32. The van der Waals surface area contributed by atoms with Crippen LogP contribution in [0.2, 0.25) is 0 Å². The summed E-state index contributed by atoms with van der Waals surface area (Å²) in [6.07, 6.45) is 0.485. The molecule has 2 aromatic carbocycles. The smallest absolute Gasteiger partial charge is 0.325 e. The van der Waals surface area contributed by atoms with Crippen molar-refractivity contribution in [3.8, 4) is 0 Å². The molecule has 1 aliphatic heterocycles. The molecule has 3 atom stereocenters. The summed E-state index contributed by atoms with van der Waals surface area (Å²) in [6.45, 7) is 10.5. The minimum atomic E-state index is -0.972. The van der Waals surface area contributed by atoms with Gasteiger partial charge >= 0.3 is 5.97 Å². The lowest BCUT2D eigenvalue weighted by Gasteiger charge is -2.32. The average Bonchev–Trinajstić information content (AvgIpc) is 3.02. The maximum atomic E-state index is 14.1. The van der Waals surface area contributed by atoms with Gasteiger partial charge in [-0.3, -0.25) is 19.2 Å². The van der Waals surface area contributed by atoms with Gasteiger partial charge in [-0.05, 0) is 63.3 Å². The van der Waals surface area contributed by atoms with Crippen LogP contribution >= 0.6 is 0 Å². The fraction of sp³-hybridized carbons (Fsp3) is 0.500. The lowest BCUT2D eigenvalue weighted by Crippen LogP contribution is -2.45. The van der Waals surface area contributed by atoms with Gasteiger partial charge in [0.1, 0.15) is 17.7 Å². The molecule has 3 unspecified atom stereocenters. The van der Waals surface area contributed by atoms with Crippen LogP contribution < -0.4 is 16.0 Å². The summed E-state index contributed by atoms with van der Waals surface area (Å²) < 4.78 is 10.9. The molecule has 1 heterocycles. The van der Waals surface area contributed by atoms with E-state index in [1.54, 1.807) is 44.9 Å². The number of nitrogens with one attached hydrogen (secondary N) is 1. The molecule has 10 heteroatoms. The summed E-state index contributed by atoms with van der Waals surface area (Å²) in [6, 6.07) is 12.9. The van der Waals surface area contributed by atoms with E-state index in [1.807, 2.05) is 50.2 Å². The monoisotopic (exact) mass is 580 g/mol. The van der Waals surface area contributed by atoms with Crippen LogP contribution in [-0.2, 0) is 30.3 Å². The van der Waals surface area contributed by atoms with Crippen molar-refractivity contribution >= 4 is 29.4 Å². The summed E-state index contributed by atoms with van der Waals surface area (Å²) in [5.41, 5.74) is 7.62. The molecule has 0 fully saturated rings. The Morgan fingerprint density at radius 3 is 2.43 bits per heavy atom. The zero-order valence-electron chi connectivity index (χ0n) is 25.5. The largest absolute Gasteiger partial charge is 0.459 e. The van der Waals surface area contributed by atoms with Crippen LogP contribution in [0.4, 0.5) is 5.69 Å². The normalized spacial score (nSPS) is 16.9. The van der Waals surface area contributed by atoms with E-state index in [2.05, 4.69) is 5.32 Å². The molecule has 10 nitrogen and oxygen atoms in total. The Morgan fingerprint density at radius 1 is 1.10 bits per heavy atom. The van der Waals surface area contributed by atoms with Crippen molar-refractivity contribution in [2.75, 3.05) is 38.3 Å². The highest BCUT2D eigenvalue weighted by atomic mass is 16.6. The number of rotatable bonds is 12. The number of nitrogens with zero attached hydrogens (tertiary/aromatic N) is 2. The van der Waals surface area contributed by atoms with Crippen LogP contribution in [0.25, 0.3) is 0 Å². The van der Waals surface area contributed by atoms with Gasteiger partial charge in [0.15, 0.2) is 0 Å². The molecular formula is C32H44N4O6. The molecule has 228 valence electrons. The Kier molecular flexibility index (Phi) is 11.2. The van der Waals surface area contributed by atoms with E-state index in [0.717, 1.165) is 11.1 Å². The van der Waals surface area contributed by atoms with Gasteiger partial charge in [-0.25, -0.2) is 0 Å². The third kappa shape index (κ3) is 8.62. The first-order valence-corrected chi connectivity index (χ1v) is 14.4. The van der Waals surface area contributed by atoms with Crippen LogP contribution in [0.5, 0.6) is 0 Å². The summed E-state index contributed by atoms with van der Waals surface area (Å²) in [5, 5.41) is 2.68. The number of carbonyl (C=O) groups excluding carboxylic acids is 4. The number of ether oxygens (including phenoxy) is 2. The van der Waals surface area contributed by atoms with Gasteiger partial charge in [0, 0.05) is 33.2 Å². The van der Waals surface area contributed by atoms with Gasteiger partial charge in [0.05, 0.1) is 17.9 Å². The quantitative estimate of drug-likeness (QED) is 0.369. The number of anilines is 1. The number of aryl methyl sites for hydroxylation is 1. The number of esters is 1. The van der Waals surface area contributed by atoms with E-state index in [9.17, 15) is 19.2 Å². The second-order valence-electron chi connectivity index (χ2n) is 11.7. The lowest BCUT2D eigenvalue weighted by molar-refractivity contribution is -0.156. The highest BCUT2D eigenvalue weighted by Crippen LogP contribution is 2.35. The van der Waals surface area contributed by atoms with Crippen molar-refractivity contribution in [1.29, 1.82) is 0 Å². The Labute approximate surface area is 248 Å². The highest BCUT2D eigenvalue weighted by molar-refractivity contribution is 6.11. The van der Waals surface area contributed by atoms with Crippen LogP contribution in [0.3, 0.4) is 0 Å². The summed E-state index contributed by atoms with van der Waals surface area (Å²) >= 11 is 0. The fourth-order valence-corrected chi connectivity index (χ4v) is 4.79. The van der Waals surface area contributed by atoms with Crippen molar-refractivity contribution < 1.29 is 28.7 Å². The number of nitrogens with two attached hydrogens (primary N) is 1. The Hall–Kier alpha value is -3.76. The molecule has 3 N–H and O–H groups in total. The second kappa shape index (κ2) is 14.4. The fourth-order valence-electron chi connectivity index (χ4n) is 4.79. The molecule has 2 aromatic rings. The van der Waals surface area contributed by atoms with E-state index in [4.69, 9.17) is 15.2 Å². The maximum Gasteiger partial charge on any atom is 0.325 e. The molecule has 0 saturated carbocycles. The number of hydrogen-bond donors (Lipinski definition) is 2. The molecule has 0 aromatic heterocycles. The molecule has 0 saturated heterocycles. The Morgan fingerprint density at radius 2 is 1.79 bits per heavy atom. The van der Waals surface area contributed by atoms with Gasteiger partial charge in [0.2, 0.25) is 5.91 Å². The topological polar surface area (TPSA) is 131 Å². The van der Waals surface area contributed by atoms with Gasteiger partial charge < -0.3 is 30.3 Å². The van der Waals surface area contributed by atoms with Gasteiger partial charge in [-0.2, -0.15) is 0 Å². The molecule has 0 bridgehead atoms. The van der Waals surface area contributed by atoms with Crippen molar-refractivity contribution in [3.63, 3.8) is 0 Å². The Balaban J connectivity index is 1.79. The summed E-state index contributed by atoms with van der Waals surface area (Å²) in [4.78, 5) is 55.7. The molecule has 0 radical (unpaired) electrons. The van der Waals surface area contributed by atoms with Gasteiger partial charge in [-0.1, -0.05) is 43.3 Å². The third-order valence-electron chi connectivity index (χ3n) is 6.89. The molecule has 0 spiro atoms. The number of amides is 3. The van der Waals surface area contributed by atoms with Gasteiger partial charge in [0.25, 0.3) is 11.8 Å². The van der Waals surface area contributed by atoms with E-state index in [-0.39, 0.29) is 36.6 Å². The first-order valence-electron chi connectivity index (χ1n) is 14.4. The number of fused-ring (bicyclic) bond motifs is 1. The standard InChI is InChI=1S/C32H44N4O6/c1-7-41-20-21(2)19-36-28(23-11-9-8-10-12-23)30(39)35(6)26-15-13-22(17-24(26)29(36)38)14-16-27(37)34-18-25(33)31(40)42-32(3,4)5/h8-13,15,17,21,25,28H,7,14,16,18-20,33H2,1-6H3,(H,34,37). The van der Waals surface area contributed by atoms with Crippen molar-refractivity contribution in [3.05, 3.63) is 65.2 Å². The lowest BCUT2D eigenvalue weighted by atomic mass is 10.0. The highest BCUT2D eigenvalue weighted by Gasteiger charge is 2.39. The second-order valence-corrected chi connectivity index (χ2v) is 11.7. The first-order chi connectivity index (χ1) is 19.8. The van der Waals surface area contributed by atoms with Crippen molar-refractivity contribution in [1.82, 2.24) is 10.2 Å². The van der Waals surface area contributed by atoms with E-state index in [1.165, 1.54) is 4.90 Å². The summed E-state index contributed by atoms with van der Waals surface area (Å²) in [7, 11) is 1.68. The molecule has 0 aliphatic carbocycles. The molecule has 3 amide bonds. The molecular weight excluding hydrogens is 536 g/mol. The number of hydrogen-bond acceptors (Lipinski definition) is 7. The van der Waals surface area contributed by atoms with Gasteiger partial charge in [-0.15, -0.1) is 0 Å². The first kappa shape index (κ1) is 32.8. The molecule has 42 heavy (non-hydrogen) atoms. The SMILES string of the molecule is CCOCC(C)CN1C(=O)c2cc(CCC(=O)NCC(N)C(=O)OC(C)(C)C)ccc2N(C)C(=O)C1c1ccccc1. The molecule has 1 aliphatic rings. The zero-order valence-corrected chi connectivity index (χ0v) is 25.5. The zero-order chi connectivity index (χ0) is 31.0. The maximum absolute atomic E-state index is 14.1. The predicted octanol–water partition coefficient (Wildman–Crippen LogP) is 3.24.